The van der Waals surface area contributed by atoms with E-state index in [9.17, 15) is 4.79 Å². The molecule has 0 heterocycles. The van der Waals surface area contributed by atoms with Crippen LogP contribution >= 0.6 is 0 Å². The standard InChI is InChI=1S/C9H21N3O3/c1-8(2)12(6-7-14-3)5-4-9(13)15-11-10/h8,11H,4-7,10H2,1-3H3. The fraction of sp³-hybridized carbons (Fsp3) is 0.889. The minimum atomic E-state index is -0.361. The van der Waals surface area contributed by atoms with Crippen LogP contribution in [-0.4, -0.2) is 43.7 Å². The largest absolute Gasteiger partial charge is 0.383 e. The predicted molar refractivity (Wildman–Crippen MR) is 56.6 cm³/mol. The van der Waals surface area contributed by atoms with Crippen molar-refractivity contribution in [1.82, 2.24) is 10.5 Å². The lowest BCUT2D eigenvalue weighted by molar-refractivity contribution is -0.151. The van der Waals surface area contributed by atoms with Gasteiger partial charge in [-0.25, -0.2) is 5.84 Å². The monoisotopic (exact) mass is 219 g/mol. The molecule has 0 atom stereocenters. The third kappa shape index (κ3) is 7.26. The van der Waals surface area contributed by atoms with Crippen LogP contribution in [0.1, 0.15) is 20.3 Å². The minimum Gasteiger partial charge on any atom is -0.383 e. The van der Waals surface area contributed by atoms with Crippen molar-refractivity contribution in [2.24, 2.45) is 5.84 Å². The molecule has 0 aliphatic carbocycles. The number of carbonyl (C=O) groups is 1. The highest BCUT2D eigenvalue weighted by Crippen LogP contribution is 2.00. The van der Waals surface area contributed by atoms with Gasteiger partial charge in [-0.15, -0.1) is 0 Å². The van der Waals surface area contributed by atoms with Gasteiger partial charge in [0.15, 0.2) is 0 Å². The van der Waals surface area contributed by atoms with Gasteiger partial charge in [0.05, 0.1) is 13.0 Å². The third-order valence-corrected chi connectivity index (χ3v) is 2.09. The van der Waals surface area contributed by atoms with E-state index in [1.54, 1.807) is 7.11 Å². The second-order valence-corrected chi connectivity index (χ2v) is 3.46. The Bertz CT molecular complexity index is 176. The van der Waals surface area contributed by atoms with Gasteiger partial charge in [0.25, 0.3) is 0 Å². The molecular weight excluding hydrogens is 198 g/mol. The molecule has 0 radical (unpaired) electrons. The molecule has 0 saturated carbocycles. The first-order valence-electron chi connectivity index (χ1n) is 5.00. The van der Waals surface area contributed by atoms with Crippen LogP contribution < -0.4 is 11.4 Å². The number of hydrogen-bond donors (Lipinski definition) is 2. The average molecular weight is 219 g/mol. The second-order valence-electron chi connectivity index (χ2n) is 3.46. The van der Waals surface area contributed by atoms with Gasteiger partial charge >= 0.3 is 5.97 Å². The number of rotatable bonds is 8. The van der Waals surface area contributed by atoms with Crippen molar-refractivity contribution in [1.29, 1.82) is 0 Å². The highest BCUT2D eigenvalue weighted by atomic mass is 16.7. The molecule has 0 amide bonds. The molecular formula is C9H21N3O3. The molecule has 0 aliphatic heterocycles. The molecule has 0 rings (SSSR count). The average Bonchev–Trinajstić information content (AvgIpc) is 2.17. The van der Waals surface area contributed by atoms with E-state index in [0.717, 1.165) is 6.54 Å². The van der Waals surface area contributed by atoms with Crippen LogP contribution in [0.5, 0.6) is 0 Å². The summed E-state index contributed by atoms with van der Waals surface area (Å²) in [5.41, 5.74) is 1.87. The minimum absolute atomic E-state index is 0.312. The summed E-state index contributed by atoms with van der Waals surface area (Å²) in [5, 5.41) is 0. The molecule has 0 aliphatic rings. The molecule has 0 fully saturated rings. The maximum atomic E-state index is 11.0. The predicted octanol–water partition coefficient (Wildman–Crippen LogP) is -0.345. The Morgan fingerprint density at radius 1 is 1.47 bits per heavy atom. The lowest BCUT2D eigenvalue weighted by atomic mass is 10.3. The van der Waals surface area contributed by atoms with Gasteiger partial charge in [0.2, 0.25) is 0 Å². The van der Waals surface area contributed by atoms with Crippen molar-refractivity contribution in [2.75, 3.05) is 26.8 Å². The first-order valence-corrected chi connectivity index (χ1v) is 5.00. The maximum absolute atomic E-state index is 11.0. The van der Waals surface area contributed by atoms with Gasteiger partial charge in [0, 0.05) is 26.2 Å². The number of hydrogen-bond acceptors (Lipinski definition) is 6. The van der Waals surface area contributed by atoms with Gasteiger partial charge in [-0.1, -0.05) is 5.59 Å². The first-order chi connectivity index (χ1) is 7.11. The summed E-state index contributed by atoms with van der Waals surface area (Å²) in [6.07, 6.45) is 0.312. The van der Waals surface area contributed by atoms with E-state index < -0.39 is 0 Å². The molecule has 0 spiro atoms. The molecule has 0 aromatic carbocycles. The topological polar surface area (TPSA) is 76.8 Å². The maximum Gasteiger partial charge on any atom is 0.327 e. The summed E-state index contributed by atoms with van der Waals surface area (Å²) in [6.45, 7) is 6.24. The number of nitrogens with zero attached hydrogens (tertiary/aromatic N) is 1. The number of carbonyl (C=O) groups excluding carboxylic acids is 1. The Balaban J connectivity index is 3.79. The molecule has 6 heteroatoms. The van der Waals surface area contributed by atoms with Crippen molar-refractivity contribution < 1.29 is 14.4 Å². The molecule has 15 heavy (non-hydrogen) atoms. The lowest BCUT2D eigenvalue weighted by Gasteiger charge is -2.25. The van der Waals surface area contributed by atoms with Crippen molar-refractivity contribution in [2.45, 2.75) is 26.3 Å². The number of nitrogens with one attached hydrogen (secondary N) is 1. The van der Waals surface area contributed by atoms with E-state index in [1.807, 2.05) is 5.59 Å². The molecule has 90 valence electrons. The van der Waals surface area contributed by atoms with Gasteiger partial charge in [0.1, 0.15) is 0 Å². The zero-order chi connectivity index (χ0) is 11.7. The number of ether oxygens (including phenoxy) is 1. The Hall–Kier alpha value is -0.690. The fourth-order valence-electron chi connectivity index (χ4n) is 1.19. The lowest BCUT2D eigenvalue weighted by Crippen LogP contribution is -2.36. The van der Waals surface area contributed by atoms with E-state index in [4.69, 9.17) is 10.6 Å². The summed E-state index contributed by atoms with van der Waals surface area (Å²) in [5.74, 6) is 4.49. The van der Waals surface area contributed by atoms with E-state index in [-0.39, 0.29) is 5.97 Å². The molecule has 0 bridgehead atoms. The Kier molecular flexibility index (Phi) is 8.21. The van der Waals surface area contributed by atoms with Gasteiger partial charge in [-0.2, -0.15) is 0 Å². The third-order valence-electron chi connectivity index (χ3n) is 2.09. The van der Waals surface area contributed by atoms with E-state index in [2.05, 4.69) is 23.6 Å². The van der Waals surface area contributed by atoms with E-state index >= 15 is 0 Å². The van der Waals surface area contributed by atoms with Crippen molar-refractivity contribution >= 4 is 5.97 Å². The Morgan fingerprint density at radius 3 is 2.60 bits per heavy atom. The smallest absolute Gasteiger partial charge is 0.327 e. The molecule has 0 aromatic rings. The van der Waals surface area contributed by atoms with Crippen molar-refractivity contribution in [3.8, 4) is 0 Å². The summed E-state index contributed by atoms with van der Waals surface area (Å²) < 4.78 is 4.99. The van der Waals surface area contributed by atoms with Gasteiger partial charge in [-0.05, 0) is 13.8 Å². The SMILES string of the molecule is COCCN(CCC(=O)ONN)C(C)C. The van der Waals surface area contributed by atoms with Crippen LogP contribution in [0.3, 0.4) is 0 Å². The molecule has 0 saturated heterocycles. The van der Waals surface area contributed by atoms with E-state index in [0.29, 0.717) is 25.6 Å². The highest BCUT2D eigenvalue weighted by molar-refractivity contribution is 5.69. The van der Waals surface area contributed by atoms with Gasteiger partial charge in [-0.3, -0.25) is 9.69 Å². The molecule has 0 aromatic heterocycles. The van der Waals surface area contributed by atoms with Crippen LogP contribution in [0.2, 0.25) is 0 Å². The van der Waals surface area contributed by atoms with Crippen molar-refractivity contribution in [3.05, 3.63) is 0 Å². The van der Waals surface area contributed by atoms with Crippen LogP contribution in [-0.2, 0) is 14.4 Å². The number of nitrogens with two attached hydrogens (primary N) is 1. The summed E-state index contributed by atoms with van der Waals surface area (Å²) in [6, 6.07) is 0.374. The second kappa shape index (κ2) is 8.60. The number of methoxy groups -OCH3 is 1. The summed E-state index contributed by atoms with van der Waals surface area (Å²) in [7, 11) is 1.66. The Morgan fingerprint density at radius 2 is 2.13 bits per heavy atom. The summed E-state index contributed by atoms with van der Waals surface area (Å²) >= 11 is 0. The summed E-state index contributed by atoms with van der Waals surface area (Å²) in [4.78, 5) is 17.6. The molecule has 6 nitrogen and oxygen atoms in total. The highest BCUT2D eigenvalue weighted by Gasteiger charge is 2.11. The molecule has 3 N–H and O–H groups in total. The normalized spacial score (nSPS) is 11.1. The zero-order valence-electron chi connectivity index (χ0n) is 9.66. The van der Waals surface area contributed by atoms with Crippen LogP contribution in [0.4, 0.5) is 0 Å². The molecule has 0 unspecified atom stereocenters. The Labute approximate surface area is 90.6 Å². The quantitative estimate of drug-likeness (QED) is 0.429. The van der Waals surface area contributed by atoms with Crippen LogP contribution in [0.25, 0.3) is 0 Å². The van der Waals surface area contributed by atoms with Crippen LogP contribution in [0, 0.1) is 0 Å². The first kappa shape index (κ1) is 14.3. The zero-order valence-corrected chi connectivity index (χ0v) is 9.66. The number of hydrazine groups is 1. The van der Waals surface area contributed by atoms with E-state index in [1.165, 1.54) is 0 Å². The van der Waals surface area contributed by atoms with Gasteiger partial charge < -0.3 is 9.57 Å². The van der Waals surface area contributed by atoms with Crippen molar-refractivity contribution in [3.63, 3.8) is 0 Å². The fourth-order valence-corrected chi connectivity index (χ4v) is 1.19. The van der Waals surface area contributed by atoms with Crippen LogP contribution in [0.15, 0.2) is 0 Å².